The van der Waals surface area contributed by atoms with E-state index in [9.17, 15) is 13.2 Å². The van der Waals surface area contributed by atoms with Crippen LogP contribution in [0.4, 0.5) is 11.5 Å². The molecule has 3 aromatic rings. The van der Waals surface area contributed by atoms with Gasteiger partial charge in [-0.25, -0.2) is 18.4 Å². The minimum atomic E-state index is -3.30. The van der Waals surface area contributed by atoms with Crippen molar-refractivity contribution in [1.82, 2.24) is 24.6 Å². The number of sulfonamides is 1. The molecule has 0 unspecified atom stereocenters. The summed E-state index contributed by atoms with van der Waals surface area (Å²) in [6, 6.07) is 5.30. The van der Waals surface area contributed by atoms with E-state index in [0.717, 1.165) is 22.4 Å². The number of aryl methyl sites for hydroxylation is 1. The quantitative estimate of drug-likeness (QED) is 0.588. The highest BCUT2D eigenvalue weighted by molar-refractivity contribution is 7.92. The molecule has 4 heterocycles. The first-order valence-corrected chi connectivity index (χ1v) is 12.0. The van der Waals surface area contributed by atoms with Gasteiger partial charge in [-0.3, -0.25) is 13.8 Å². The second-order valence-corrected chi connectivity index (χ2v) is 9.82. The molecule has 31 heavy (non-hydrogen) atoms. The molecule has 1 amide bonds. The normalized spacial score (nSPS) is 16.8. The van der Waals surface area contributed by atoms with E-state index >= 15 is 0 Å². The van der Waals surface area contributed by atoms with Gasteiger partial charge in [0.25, 0.3) is 5.91 Å². The van der Waals surface area contributed by atoms with Crippen molar-refractivity contribution in [3.63, 3.8) is 0 Å². The zero-order valence-electron chi connectivity index (χ0n) is 17.4. The van der Waals surface area contributed by atoms with E-state index in [1.54, 1.807) is 29.3 Å². The molecule has 11 heteroatoms. The molecule has 0 bridgehead atoms. The Morgan fingerprint density at radius 1 is 1.06 bits per heavy atom. The van der Waals surface area contributed by atoms with E-state index < -0.39 is 10.0 Å². The third-order valence-corrected chi connectivity index (χ3v) is 7.13. The van der Waals surface area contributed by atoms with Crippen LogP contribution in [0.1, 0.15) is 15.9 Å². The van der Waals surface area contributed by atoms with Gasteiger partial charge in [0.2, 0.25) is 10.0 Å². The molecule has 1 saturated heterocycles. The predicted octanol–water partition coefficient (Wildman–Crippen LogP) is 0.648. The molecule has 0 spiro atoms. The van der Waals surface area contributed by atoms with Crippen molar-refractivity contribution in [3.8, 4) is 0 Å². The van der Waals surface area contributed by atoms with Crippen molar-refractivity contribution in [1.29, 1.82) is 0 Å². The third kappa shape index (κ3) is 3.38. The number of rotatable bonds is 3. The molecule has 0 atom stereocenters. The lowest BCUT2D eigenvalue weighted by Crippen LogP contribution is -2.49. The summed E-state index contributed by atoms with van der Waals surface area (Å²) in [5.41, 5.74) is 2.95. The number of nitrogens with zero attached hydrogens (tertiary/aromatic N) is 7. The summed E-state index contributed by atoms with van der Waals surface area (Å²) >= 11 is 0. The molecule has 0 saturated carbocycles. The number of amides is 1. The lowest BCUT2D eigenvalue weighted by atomic mass is 10.1. The Labute approximate surface area is 180 Å². The molecule has 0 aliphatic carbocycles. The van der Waals surface area contributed by atoms with Gasteiger partial charge in [-0.1, -0.05) is 0 Å². The van der Waals surface area contributed by atoms with Crippen molar-refractivity contribution in [2.45, 2.75) is 6.42 Å². The number of hydrogen-bond donors (Lipinski definition) is 0. The van der Waals surface area contributed by atoms with Gasteiger partial charge in [0.1, 0.15) is 12.1 Å². The van der Waals surface area contributed by atoms with Crippen molar-refractivity contribution >= 4 is 38.5 Å². The Kier molecular flexibility index (Phi) is 4.58. The SMILES string of the molecule is Cn1ncc2c(N3CCN(C(=O)c4ccc5c(c4)CCN5S(C)(=O)=O)CC3)ncnc21. The molecule has 2 aromatic heterocycles. The smallest absolute Gasteiger partial charge is 0.253 e. The number of carbonyl (C=O) groups is 1. The third-order valence-electron chi connectivity index (χ3n) is 5.95. The first-order valence-electron chi connectivity index (χ1n) is 10.1. The molecule has 1 fully saturated rings. The molecule has 0 radical (unpaired) electrons. The Bertz CT molecular complexity index is 1280. The average molecular weight is 442 g/mol. The van der Waals surface area contributed by atoms with Crippen molar-refractivity contribution in [3.05, 3.63) is 41.9 Å². The predicted molar refractivity (Wildman–Crippen MR) is 117 cm³/mol. The van der Waals surface area contributed by atoms with Crippen LogP contribution in [0.25, 0.3) is 11.0 Å². The topological polar surface area (TPSA) is 105 Å². The fourth-order valence-electron chi connectivity index (χ4n) is 4.35. The van der Waals surface area contributed by atoms with Gasteiger partial charge in [-0.05, 0) is 30.2 Å². The van der Waals surface area contributed by atoms with Crippen LogP contribution in [0.3, 0.4) is 0 Å². The van der Waals surface area contributed by atoms with Crippen LogP contribution in [0.2, 0.25) is 0 Å². The molecular weight excluding hydrogens is 418 g/mol. The van der Waals surface area contributed by atoms with Crippen molar-refractivity contribution in [2.75, 3.05) is 48.2 Å². The van der Waals surface area contributed by atoms with Gasteiger partial charge in [0.15, 0.2) is 5.65 Å². The number of fused-ring (bicyclic) bond motifs is 2. The second-order valence-electron chi connectivity index (χ2n) is 7.91. The van der Waals surface area contributed by atoms with E-state index in [2.05, 4.69) is 20.0 Å². The molecule has 5 rings (SSSR count). The summed E-state index contributed by atoms with van der Waals surface area (Å²) in [5, 5.41) is 5.17. The van der Waals surface area contributed by atoms with Gasteiger partial charge in [0.05, 0.1) is 23.5 Å². The average Bonchev–Trinajstić information content (AvgIpc) is 3.36. The lowest BCUT2D eigenvalue weighted by Gasteiger charge is -2.35. The van der Waals surface area contributed by atoms with Gasteiger partial charge < -0.3 is 9.80 Å². The zero-order valence-corrected chi connectivity index (χ0v) is 18.2. The first-order chi connectivity index (χ1) is 14.8. The fourth-order valence-corrected chi connectivity index (χ4v) is 5.31. The van der Waals surface area contributed by atoms with Crippen molar-refractivity contribution in [2.24, 2.45) is 7.05 Å². The minimum Gasteiger partial charge on any atom is -0.352 e. The van der Waals surface area contributed by atoms with E-state index in [0.29, 0.717) is 50.4 Å². The first kappa shape index (κ1) is 19.7. The number of carbonyl (C=O) groups excluding carboxylic acids is 1. The Hall–Kier alpha value is -3.21. The number of aromatic nitrogens is 4. The molecule has 1 aromatic carbocycles. The second kappa shape index (κ2) is 7.19. The molecular formula is C20H23N7O3S. The summed E-state index contributed by atoms with van der Waals surface area (Å²) in [6.07, 6.45) is 5.14. The maximum Gasteiger partial charge on any atom is 0.253 e. The van der Waals surface area contributed by atoms with Crippen LogP contribution in [0.15, 0.2) is 30.7 Å². The van der Waals surface area contributed by atoms with Crippen LogP contribution < -0.4 is 9.21 Å². The monoisotopic (exact) mass is 441 g/mol. The number of piperazine rings is 1. The highest BCUT2D eigenvalue weighted by Gasteiger charge is 2.29. The Morgan fingerprint density at radius 3 is 2.58 bits per heavy atom. The Balaban J connectivity index is 1.31. The maximum absolute atomic E-state index is 13.1. The van der Waals surface area contributed by atoms with Gasteiger partial charge in [-0.15, -0.1) is 0 Å². The zero-order chi connectivity index (χ0) is 21.8. The molecule has 2 aliphatic heterocycles. The molecule has 162 valence electrons. The Morgan fingerprint density at radius 2 is 1.84 bits per heavy atom. The van der Waals surface area contributed by atoms with Crippen LogP contribution in [0.5, 0.6) is 0 Å². The number of benzene rings is 1. The maximum atomic E-state index is 13.1. The summed E-state index contributed by atoms with van der Waals surface area (Å²) in [7, 11) is -1.45. The lowest BCUT2D eigenvalue weighted by molar-refractivity contribution is 0.0746. The molecule has 2 aliphatic rings. The summed E-state index contributed by atoms with van der Waals surface area (Å²) in [6.45, 7) is 2.92. The van der Waals surface area contributed by atoms with E-state index in [1.165, 1.54) is 10.6 Å². The highest BCUT2D eigenvalue weighted by atomic mass is 32.2. The van der Waals surface area contributed by atoms with Crippen LogP contribution >= 0.6 is 0 Å². The van der Waals surface area contributed by atoms with Gasteiger partial charge in [-0.2, -0.15) is 5.10 Å². The minimum absolute atomic E-state index is 0.0329. The summed E-state index contributed by atoms with van der Waals surface area (Å²) in [5.74, 6) is 0.804. The van der Waals surface area contributed by atoms with Crippen LogP contribution in [0, 0.1) is 0 Å². The van der Waals surface area contributed by atoms with E-state index in [1.807, 2.05) is 18.0 Å². The van der Waals surface area contributed by atoms with E-state index in [4.69, 9.17) is 0 Å². The summed E-state index contributed by atoms with van der Waals surface area (Å²) < 4.78 is 27.0. The van der Waals surface area contributed by atoms with E-state index in [-0.39, 0.29) is 5.91 Å². The number of hydrogen-bond acceptors (Lipinski definition) is 7. The highest BCUT2D eigenvalue weighted by Crippen LogP contribution is 2.31. The standard InChI is InChI=1S/C20H23N7O3S/c1-24-18-16(12-23-24)19(22-13-21-18)25-7-9-26(10-8-25)20(28)15-3-4-17-14(11-15)5-6-27(17)31(2,29)30/h3-4,11-13H,5-10H2,1-2H3. The molecule has 10 nitrogen and oxygen atoms in total. The van der Waals surface area contributed by atoms with Crippen molar-refractivity contribution < 1.29 is 13.2 Å². The fraction of sp³-hybridized carbons (Fsp3) is 0.400. The van der Waals surface area contributed by atoms with Crippen LogP contribution in [-0.2, 0) is 23.5 Å². The van der Waals surface area contributed by atoms with Gasteiger partial charge in [0, 0.05) is 45.3 Å². The largest absolute Gasteiger partial charge is 0.352 e. The number of anilines is 2. The summed E-state index contributed by atoms with van der Waals surface area (Å²) in [4.78, 5) is 25.8. The molecule has 0 N–H and O–H groups in total. The van der Waals surface area contributed by atoms with Gasteiger partial charge >= 0.3 is 0 Å². The van der Waals surface area contributed by atoms with Crippen LogP contribution in [-0.4, -0.2) is 78.0 Å².